The maximum atomic E-state index is 11.8. The minimum absolute atomic E-state index is 0.0624. The summed E-state index contributed by atoms with van der Waals surface area (Å²) in [6.07, 6.45) is 0.368. The molecule has 1 amide bonds. The molecule has 1 saturated heterocycles. The first-order chi connectivity index (χ1) is 10.2. The second-order valence-corrected chi connectivity index (χ2v) is 8.08. The van der Waals surface area contributed by atoms with E-state index in [1.165, 1.54) is 0 Å². The molecular formula is C15H19NO5S. The standard InChI is InChI=1S/C15H19NO5S/c1-11-4-3-5-12(8-11)14(18)21-9-13(17)16-15(2)6-7-22(19,20)10-15/h3-5,8H,6-7,9-10H2,1-2H3,(H,16,17)/t15-/m1/s1. The van der Waals surface area contributed by atoms with E-state index in [0.29, 0.717) is 12.0 Å². The van der Waals surface area contributed by atoms with Gasteiger partial charge in [0.15, 0.2) is 16.4 Å². The van der Waals surface area contributed by atoms with Gasteiger partial charge in [-0.15, -0.1) is 0 Å². The summed E-state index contributed by atoms with van der Waals surface area (Å²) in [5, 5.41) is 2.63. The van der Waals surface area contributed by atoms with Crippen LogP contribution in [0.1, 0.15) is 29.3 Å². The molecule has 0 saturated carbocycles. The van der Waals surface area contributed by atoms with Crippen LogP contribution in [0.15, 0.2) is 24.3 Å². The molecule has 0 bridgehead atoms. The largest absolute Gasteiger partial charge is 0.452 e. The van der Waals surface area contributed by atoms with Crippen molar-refractivity contribution in [3.05, 3.63) is 35.4 Å². The van der Waals surface area contributed by atoms with Crippen LogP contribution in [0.2, 0.25) is 0 Å². The third-order valence-electron chi connectivity index (χ3n) is 3.53. The highest BCUT2D eigenvalue weighted by Gasteiger charge is 2.39. The Morgan fingerprint density at radius 2 is 2.09 bits per heavy atom. The molecule has 2 rings (SSSR count). The molecule has 0 unspecified atom stereocenters. The lowest BCUT2D eigenvalue weighted by Crippen LogP contribution is -2.48. The first-order valence-corrected chi connectivity index (χ1v) is 8.77. The lowest BCUT2D eigenvalue weighted by Gasteiger charge is -2.23. The number of ether oxygens (including phenoxy) is 1. The quantitative estimate of drug-likeness (QED) is 0.829. The van der Waals surface area contributed by atoms with E-state index in [1.807, 2.05) is 13.0 Å². The number of carbonyl (C=O) groups is 2. The van der Waals surface area contributed by atoms with E-state index in [1.54, 1.807) is 25.1 Å². The first kappa shape index (κ1) is 16.5. The van der Waals surface area contributed by atoms with E-state index in [0.717, 1.165) is 5.56 Å². The van der Waals surface area contributed by atoms with Crippen molar-refractivity contribution in [2.45, 2.75) is 25.8 Å². The van der Waals surface area contributed by atoms with Crippen LogP contribution in [0, 0.1) is 6.92 Å². The van der Waals surface area contributed by atoms with Crippen molar-refractivity contribution in [3.8, 4) is 0 Å². The molecule has 1 aromatic carbocycles. The van der Waals surface area contributed by atoms with Gasteiger partial charge in [0.1, 0.15) is 0 Å². The van der Waals surface area contributed by atoms with E-state index in [2.05, 4.69) is 5.32 Å². The summed E-state index contributed by atoms with van der Waals surface area (Å²) in [5.41, 5.74) is 0.510. The Bertz CT molecular complexity index is 698. The molecule has 1 heterocycles. The summed E-state index contributed by atoms with van der Waals surface area (Å²) in [4.78, 5) is 23.7. The van der Waals surface area contributed by atoms with Crippen LogP contribution in [0.3, 0.4) is 0 Å². The van der Waals surface area contributed by atoms with Crippen molar-refractivity contribution in [3.63, 3.8) is 0 Å². The van der Waals surface area contributed by atoms with Gasteiger partial charge in [0.25, 0.3) is 5.91 Å². The third kappa shape index (κ3) is 4.30. The lowest BCUT2D eigenvalue weighted by molar-refractivity contribution is -0.125. The van der Waals surface area contributed by atoms with Crippen molar-refractivity contribution in [2.24, 2.45) is 0 Å². The Morgan fingerprint density at radius 3 is 2.68 bits per heavy atom. The van der Waals surface area contributed by atoms with E-state index < -0.39 is 33.9 Å². The highest BCUT2D eigenvalue weighted by Crippen LogP contribution is 2.22. The van der Waals surface area contributed by atoms with Crippen molar-refractivity contribution < 1.29 is 22.7 Å². The number of rotatable bonds is 4. The number of carbonyl (C=O) groups excluding carboxylic acids is 2. The highest BCUT2D eigenvalue weighted by atomic mass is 32.2. The normalized spacial score (nSPS) is 23.0. The minimum Gasteiger partial charge on any atom is -0.452 e. The Balaban J connectivity index is 1.87. The Labute approximate surface area is 129 Å². The minimum atomic E-state index is -3.10. The number of aryl methyl sites for hydroxylation is 1. The molecule has 1 fully saturated rings. The molecule has 1 aromatic rings. The Hall–Kier alpha value is -1.89. The summed E-state index contributed by atoms with van der Waals surface area (Å²) >= 11 is 0. The highest BCUT2D eigenvalue weighted by molar-refractivity contribution is 7.91. The number of hydrogen-bond donors (Lipinski definition) is 1. The number of nitrogens with one attached hydrogen (secondary N) is 1. The fourth-order valence-corrected chi connectivity index (χ4v) is 4.56. The summed E-state index contributed by atoms with van der Waals surface area (Å²) < 4.78 is 27.9. The predicted molar refractivity (Wildman–Crippen MR) is 81.3 cm³/mol. The molecular weight excluding hydrogens is 306 g/mol. The molecule has 1 aliphatic rings. The van der Waals surface area contributed by atoms with Gasteiger partial charge in [-0.1, -0.05) is 17.7 Å². The molecule has 6 nitrogen and oxygen atoms in total. The Kier molecular flexibility index (Phi) is 4.55. The first-order valence-electron chi connectivity index (χ1n) is 6.94. The molecule has 1 aliphatic heterocycles. The van der Waals surface area contributed by atoms with Crippen molar-refractivity contribution in [2.75, 3.05) is 18.1 Å². The number of hydrogen-bond acceptors (Lipinski definition) is 5. The zero-order chi connectivity index (χ0) is 16.4. The molecule has 1 N–H and O–H groups in total. The fraction of sp³-hybridized carbons (Fsp3) is 0.467. The van der Waals surface area contributed by atoms with Gasteiger partial charge in [0.2, 0.25) is 0 Å². The maximum Gasteiger partial charge on any atom is 0.338 e. The van der Waals surface area contributed by atoms with Crippen LogP contribution in [0.4, 0.5) is 0 Å². The second-order valence-electron chi connectivity index (χ2n) is 5.90. The van der Waals surface area contributed by atoms with Crippen LogP contribution in [0.5, 0.6) is 0 Å². The molecule has 0 radical (unpaired) electrons. The van der Waals surface area contributed by atoms with Gasteiger partial charge >= 0.3 is 5.97 Å². The summed E-state index contributed by atoms with van der Waals surface area (Å²) in [5.74, 6) is -1.10. The van der Waals surface area contributed by atoms with Gasteiger partial charge in [0.05, 0.1) is 22.6 Å². The number of sulfone groups is 1. The van der Waals surface area contributed by atoms with E-state index >= 15 is 0 Å². The topological polar surface area (TPSA) is 89.5 Å². The predicted octanol–water partition coefficient (Wildman–Crippen LogP) is 0.845. The molecule has 7 heteroatoms. The summed E-state index contributed by atoms with van der Waals surface area (Å²) in [7, 11) is -3.10. The third-order valence-corrected chi connectivity index (χ3v) is 5.44. The van der Waals surface area contributed by atoms with Crippen LogP contribution in [-0.4, -0.2) is 43.9 Å². The van der Waals surface area contributed by atoms with Crippen molar-refractivity contribution in [1.82, 2.24) is 5.32 Å². The van der Waals surface area contributed by atoms with Crippen molar-refractivity contribution in [1.29, 1.82) is 0 Å². The van der Waals surface area contributed by atoms with E-state index in [-0.39, 0.29) is 11.5 Å². The van der Waals surface area contributed by atoms with Crippen LogP contribution < -0.4 is 5.32 Å². The van der Waals surface area contributed by atoms with Gasteiger partial charge in [-0.05, 0) is 32.4 Å². The van der Waals surface area contributed by atoms with Crippen molar-refractivity contribution >= 4 is 21.7 Å². The monoisotopic (exact) mass is 325 g/mol. The van der Waals surface area contributed by atoms with Gasteiger partial charge in [-0.25, -0.2) is 13.2 Å². The van der Waals surface area contributed by atoms with Crippen LogP contribution in [-0.2, 0) is 19.4 Å². The lowest BCUT2D eigenvalue weighted by atomic mass is 10.0. The molecule has 1 atom stereocenters. The zero-order valence-corrected chi connectivity index (χ0v) is 13.4. The van der Waals surface area contributed by atoms with Gasteiger partial charge < -0.3 is 10.1 Å². The molecule has 0 spiro atoms. The number of esters is 1. The average Bonchev–Trinajstić information content (AvgIpc) is 2.69. The molecule has 0 aliphatic carbocycles. The van der Waals surface area contributed by atoms with Gasteiger partial charge in [-0.3, -0.25) is 4.79 Å². The maximum absolute atomic E-state index is 11.8. The SMILES string of the molecule is Cc1cccc(C(=O)OCC(=O)N[C@]2(C)CCS(=O)(=O)C2)c1. The van der Waals surface area contributed by atoms with E-state index in [4.69, 9.17) is 4.74 Å². The Morgan fingerprint density at radius 1 is 1.36 bits per heavy atom. The van der Waals surface area contributed by atoms with Crippen LogP contribution in [0.25, 0.3) is 0 Å². The van der Waals surface area contributed by atoms with E-state index in [9.17, 15) is 18.0 Å². The number of benzene rings is 1. The number of amides is 1. The smallest absolute Gasteiger partial charge is 0.338 e. The summed E-state index contributed by atoms with van der Waals surface area (Å²) in [6, 6.07) is 6.87. The fourth-order valence-electron chi connectivity index (χ4n) is 2.47. The van der Waals surface area contributed by atoms with Gasteiger partial charge in [0, 0.05) is 0 Å². The van der Waals surface area contributed by atoms with Gasteiger partial charge in [-0.2, -0.15) is 0 Å². The second kappa shape index (κ2) is 6.08. The average molecular weight is 325 g/mol. The zero-order valence-electron chi connectivity index (χ0n) is 12.6. The molecule has 0 aromatic heterocycles. The van der Waals surface area contributed by atoms with Crippen LogP contribution >= 0.6 is 0 Å². The summed E-state index contributed by atoms with van der Waals surface area (Å²) in [6.45, 7) is 3.10. The molecule has 120 valence electrons. The molecule has 22 heavy (non-hydrogen) atoms.